The molecule has 6 rings (SSSR count). The number of aromatic nitrogens is 1. The Bertz CT molecular complexity index is 1700. The Balaban J connectivity index is 1.40. The van der Waals surface area contributed by atoms with Crippen molar-refractivity contribution in [2.45, 2.75) is 29.7 Å². The monoisotopic (exact) mass is 593 g/mol. The highest BCUT2D eigenvalue weighted by Gasteiger charge is 2.56. The van der Waals surface area contributed by atoms with Gasteiger partial charge in [-0.25, -0.2) is 9.29 Å². The van der Waals surface area contributed by atoms with Crippen molar-refractivity contribution in [1.82, 2.24) is 4.57 Å². The SMILES string of the molecule is Cc1ccc(N2C(=O)C3Sc4c(sc(=O)n4CC(=O)Nc4ccc(F)cc4)C(c4ccc(Cl)cc4)C3C2=O)cc1. The molecule has 0 aliphatic carbocycles. The molecule has 40 heavy (non-hydrogen) atoms. The van der Waals surface area contributed by atoms with E-state index in [1.165, 1.54) is 33.7 Å². The molecule has 0 saturated carbocycles. The Morgan fingerprint density at radius 2 is 1.62 bits per heavy atom. The first-order valence-corrected chi connectivity index (χ1v) is 14.4. The number of carbonyl (C=O) groups is 3. The standard InChI is InChI=1S/C29H21ClFN3O4S2/c1-15-2-12-20(13-3-15)34-26(36)23-22(16-4-6-17(30)7-5-16)25-28(39-24(23)27(34)37)33(29(38)40-25)14-21(35)32-19-10-8-18(31)9-11-19/h2-13,22-24H,14H2,1H3,(H,32,35). The second-order valence-electron chi connectivity index (χ2n) is 9.62. The normalized spacial score (nSPS) is 19.9. The van der Waals surface area contributed by atoms with E-state index in [4.69, 9.17) is 11.6 Å². The molecule has 1 aromatic heterocycles. The van der Waals surface area contributed by atoms with Gasteiger partial charge in [-0.1, -0.05) is 64.5 Å². The van der Waals surface area contributed by atoms with Crippen molar-refractivity contribution in [2.24, 2.45) is 5.92 Å². The van der Waals surface area contributed by atoms with Gasteiger partial charge in [0, 0.05) is 21.5 Å². The summed E-state index contributed by atoms with van der Waals surface area (Å²) in [6, 6.07) is 19.5. The first-order chi connectivity index (χ1) is 19.2. The first kappa shape index (κ1) is 26.5. The minimum absolute atomic E-state index is 0.302. The zero-order valence-electron chi connectivity index (χ0n) is 21.0. The fourth-order valence-corrected chi connectivity index (χ4v) is 8.01. The maximum absolute atomic E-state index is 13.9. The lowest BCUT2D eigenvalue weighted by atomic mass is 9.83. The number of carbonyl (C=O) groups excluding carboxylic acids is 3. The number of thioether (sulfide) groups is 1. The second kappa shape index (κ2) is 10.3. The van der Waals surface area contributed by atoms with E-state index in [2.05, 4.69) is 5.32 Å². The van der Waals surface area contributed by atoms with Gasteiger partial charge in [-0.2, -0.15) is 0 Å². The lowest BCUT2D eigenvalue weighted by Crippen LogP contribution is -2.33. The molecular formula is C29H21ClFN3O4S2. The van der Waals surface area contributed by atoms with Crippen LogP contribution >= 0.6 is 34.7 Å². The highest BCUT2D eigenvalue weighted by molar-refractivity contribution is 8.00. The molecule has 3 amide bonds. The zero-order valence-corrected chi connectivity index (χ0v) is 23.4. The van der Waals surface area contributed by atoms with Gasteiger partial charge in [0.15, 0.2) is 0 Å². The van der Waals surface area contributed by atoms with Crippen LogP contribution in [0.15, 0.2) is 82.6 Å². The number of anilines is 2. The van der Waals surface area contributed by atoms with Gasteiger partial charge in [-0.15, -0.1) is 0 Å². The molecule has 7 nitrogen and oxygen atoms in total. The lowest BCUT2D eigenvalue weighted by Gasteiger charge is -2.30. The summed E-state index contributed by atoms with van der Waals surface area (Å²) < 4.78 is 14.6. The molecule has 0 spiro atoms. The Kier molecular flexibility index (Phi) is 6.85. The molecule has 2 aliphatic heterocycles. The van der Waals surface area contributed by atoms with E-state index in [1.807, 2.05) is 19.1 Å². The van der Waals surface area contributed by atoms with E-state index in [9.17, 15) is 23.6 Å². The van der Waals surface area contributed by atoms with Crippen LogP contribution in [-0.4, -0.2) is 27.5 Å². The van der Waals surface area contributed by atoms with Crippen molar-refractivity contribution in [2.75, 3.05) is 10.2 Å². The van der Waals surface area contributed by atoms with Crippen molar-refractivity contribution < 1.29 is 18.8 Å². The van der Waals surface area contributed by atoms with Crippen molar-refractivity contribution >= 4 is 63.8 Å². The summed E-state index contributed by atoms with van der Waals surface area (Å²) in [5, 5.41) is 2.88. The van der Waals surface area contributed by atoms with Gasteiger partial charge in [0.05, 0.1) is 16.6 Å². The number of nitrogens with one attached hydrogen (secondary N) is 1. The topological polar surface area (TPSA) is 88.5 Å². The summed E-state index contributed by atoms with van der Waals surface area (Å²) in [5.41, 5.74) is 2.63. The highest BCUT2D eigenvalue weighted by Crippen LogP contribution is 2.53. The third kappa shape index (κ3) is 4.66. The summed E-state index contributed by atoms with van der Waals surface area (Å²) in [6.07, 6.45) is 0. The predicted octanol–water partition coefficient (Wildman–Crippen LogP) is 5.45. The van der Waals surface area contributed by atoms with E-state index in [0.717, 1.165) is 34.2 Å². The van der Waals surface area contributed by atoms with Crippen molar-refractivity contribution in [3.05, 3.63) is 109 Å². The van der Waals surface area contributed by atoms with Crippen molar-refractivity contribution in [1.29, 1.82) is 0 Å². The van der Waals surface area contributed by atoms with Crippen LogP contribution in [-0.2, 0) is 20.9 Å². The summed E-state index contributed by atoms with van der Waals surface area (Å²) >= 11 is 8.25. The molecule has 202 valence electrons. The molecule has 4 aromatic rings. The first-order valence-electron chi connectivity index (χ1n) is 12.4. The zero-order chi connectivity index (χ0) is 28.1. The van der Waals surface area contributed by atoms with Gasteiger partial charge in [0.1, 0.15) is 17.6 Å². The van der Waals surface area contributed by atoms with Crippen LogP contribution in [0.3, 0.4) is 0 Å². The number of halogens is 2. The van der Waals surface area contributed by atoms with Gasteiger partial charge in [-0.3, -0.25) is 23.7 Å². The quantitative estimate of drug-likeness (QED) is 0.311. The Hall–Kier alpha value is -3.73. The Morgan fingerprint density at radius 3 is 2.30 bits per heavy atom. The molecule has 1 saturated heterocycles. The Morgan fingerprint density at radius 1 is 0.950 bits per heavy atom. The number of hydrogen-bond acceptors (Lipinski definition) is 6. The van der Waals surface area contributed by atoms with E-state index in [1.54, 1.807) is 36.4 Å². The molecular weight excluding hydrogens is 573 g/mol. The van der Waals surface area contributed by atoms with Gasteiger partial charge < -0.3 is 5.32 Å². The van der Waals surface area contributed by atoms with Gasteiger partial charge >= 0.3 is 4.87 Å². The number of benzene rings is 3. The molecule has 3 heterocycles. The smallest absolute Gasteiger partial charge is 0.308 e. The fraction of sp³-hybridized carbons (Fsp3) is 0.172. The predicted molar refractivity (Wildman–Crippen MR) is 154 cm³/mol. The van der Waals surface area contributed by atoms with Crippen molar-refractivity contribution in [3.8, 4) is 0 Å². The van der Waals surface area contributed by atoms with E-state index in [-0.39, 0.29) is 23.2 Å². The second-order valence-corrected chi connectivity index (χ2v) is 12.2. The van der Waals surface area contributed by atoms with Gasteiger partial charge in [0.2, 0.25) is 17.7 Å². The van der Waals surface area contributed by atoms with Crippen LogP contribution in [0.25, 0.3) is 0 Å². The number of thiazole rings is 1. The molecule has 0 bridgehead atoms. The van der Waals surface area contributed by atoms with Crippen molar-refractivity contribution in [3.63, 3.8) is 0 Å². The molecule has 2 aliphatic rings. The summed E-state index contributed by atoms with van der Waals surface area (Å²) in [6.45, 7) is 1.62. The average molecular weight is 594 g/mol. The molecule has 1 N–H and O–H groups in total. The fourth-order valence-electron chi connectivity index (χ4n) is 5.11. The summed E-state index contributed by atoms with van der Waals surface area (Å²) in [4.78, 5) is 55.2. The lowest BCUT2D eigenvalue weighted by molar-refractivity contribution is -0.122. The van der Waals surface area contributed by atoms with Crippen LogP contribution in [0.4, 0.5) is 15.8 Å². The number of amides is 3. The minimum atomic E-state index is -0.789. The van der Waals surface area contributed by atoms with E-state index < -0.39 is 28.8 Å². The Labute approximate surface area is 241 Å². The number of hydrogen-bond donors (Lipinski definition) is 1. The van der Waals surface area contributed by atoms with Gasteiger partial charge in [-0.05, 0) is 61.0 Å². The number of nitrogens with zero attached hydrogens (tertiary/aromatic N) is 2. The van der Waals surface area contributed by atoms with Crippen LogP contribution in [0.2, 0.25) is 5.02 Å². The highest BCUT2D eigenvalue weighted by atomic mass is 35.5. The van der Waals surface area contributed by atoms with Crippen LogP contribution in [0.1, 0.15) is 21.9 Å². The maximum Gasteiger partial charge on any atom is 0.308 e. The minimum Gasteiger partial charge on any atom is -0.325 e. The molecule has 11 heteroatoms. The van der Waals surface area contributed by atoms with Gasteiger partial charge in [0.25, 0.3) is 0 Å². The third-order valence-electron chi connectivity index (χ3n) is 7.00. The summed E-state index contributed by atoms with van der Waals surface area (Å²) in [7, 11) is 0. The van der Waals surface area contributed by atoms with E-state index >= 15 is 0 Å². The van der Waals surface area contributed by atoms with Crippen LogP contribution in [0, 0.1) is 18.7 Å². The molecule has 3 aromatic carbocycles. The average Bonchev–Trinajstić information content (AvgIpc) is 3.37. The molecule has 1 fully saturated rings. The largest absolute Gasteiger partial charge is 0.325 e. The maximum atomic E-state index is 13.9. The molecule has 0 radical (unpaired) electrons. The van der Waals surface area contributed by atoms with Crippen LogP contribution in [0.5, 0.6) is 0 Å². The van der Waals surface area contributed by atoms with Crippen LogP contribution < -0.4 is 15.1 Å². The number of rotatable bonds is 5. The number of aryl methyl sites for hydroxylation is 1. The molecule has 3 unspecified atom stereocenters. The number of imide groups is 1. The number of fused-ring (bicyclic) bond motifs is 2. The third-order valence-corrected chi connectivity index (χ3v) is 9.86. The van der Waals surface area contributed by atoms with E-state index in [0.29, 0.717) is 26.3 Å². The summed E-state index contributed by atoms with van der Waals surface area (Å²) in [5.74, 6) is -2.93. The molecule has 3 atom stereocenters.